The minimum absolute atomic E-state index is 0.00410. The summed E-state index contributed by atoms with van der Waals surface area (Å²) >= 11 is 4.01. The molecule has 8 nitrogen and oxygen atoms in total. The van der Waals surface area contributed by atoms with Gasteiger partial charge in [0, 0.05) is 5.75 Å². The monoisotopic (exact) mass is 635 g/mol. The first-order valence-corrected chi connectivity index (χ1v) is 16.9. The average Bonchev–Trinajstić information content (AvgIpc) is 3.76. The van der Waals surface area contributed by atoms with E-state index in [0.29, 0.717) is 50.4 Å². The number of benzene rings is 2. The van der Waals surface area contributed by atoms with Crippen LogP contribution in [0, 0.1) is 6.92 Å². The average molecular weight is 636 g/mol. The second kappa shape index (κ2) is 14.2. The molecule has 2 aromatic carbocycles. The lowest BCUT2D eigenvalue weighted by molar-refractivity contribution is -0.117. The predicted molar refractivity (Wildman–Crippen MR) is 172 cm³/mol. The van der Waals surface area contributed by atoms with Crippen LogP contribution < -0.4 is 14.4 Å². The number of aliphatic hydroxyl groups excluding tert-OH is 1. The van der Waals surface area contributed by atoms with Crippen LogP contribution in [0.15, 0.2) is 75.6 Å². The third-order valence-corrected chi connectivity index (χ3v) is 9.87. The number of ketones is 1. The molecule has 43 heavy (non-hydrogen) atoms. The highest BCUT2D eigenvalue weighted by Crippen LogP contribution is 2.45. The van der Waals surface area contributed by atoms with Crippen LogP contribution in [0.4, 0.5) is 5.13 Å². The highest BCUT2D eigenvalue weighted by molar-refractivity contribution is 8.00. The van der Waals surface area contributed by atoms with Crippen molar-refractivity contribution >= 4 is 51.3 Å². The van der Waals surface area contributed by atoms with Crippen molar-refractivity contribution in [2.45, 2.75) is 56.2 Å². The SMILES string of the molecule is CCCCCOc1ccc(C2C(C(=O)c3cccs3)=C(O)C(=O)N2c2nnc(SCc3ccc(C)cc3)s2)cc1OCC. The molecule has 3 heterocycles. The third kappa shape index (κ3) is 6.95. The van der Waals surface area contributed by atoms with Crippen LogP contribution in [-0.2, 0) is 10.5 Å². The Bertz CT molecular complexity index is 1600. The quantitative estimate of drug-likeness (QED) is 0.0645. The second-order valence-electron chi connectivity index (χ2n) is 9.97. The van der Waals surface area contributed by atoms with Crippen molar-refractivity contribution in [2.75, 3.05) is 18.1 Å². The number of unbranched alkanes of at least 4 members (excludes halogenated alkanes) is 2. The zero-order valence-electron chi connectivity index (χ0n) is 24.2. The molecule has 0 bridgehead atoms. The number of anilines is 1. The van der Waals surface area contributed by atoms with E-state index in [1.165, 1.54) is 44.9 Å². The maximum absolute atomic E-state index is 13.7. The number of aromatic nitrogens is 2. The summed E-state index contributed by atoms with van der Waals surface area (Å²) in [6, 6.07) is 16.2. The van der Waals surface area contributed by atoms with Crippen LogP contribution >= 0.6 is 34.4 Å². The molecule has 0 aliphatic carbocycles. The fraction of sp³-hybridized carbons (Fsp3) is 0.312. The molecular formula is C32H33N3O5S3. The van der Waals surface area contributed by atoms with Gasteiger partial charge < -0.3 is 14.6 Å². The standard InChI is InChI=1S/C32H33N3O5S3/c1-4-6-7-16-40-23-15-14-22(18-24(23)39-5-2)27-26(28(36)25-9-8-17-41-25)29(37)30(38)35(27)31-33-34-32(43-31)42-19-21-12-10-20(3)11-13-21/h8-15,17-18,27,37H,4-7,16,19H2,1-3H3. The lowest BCUT2D eigenvalue weighted by Crippen LogP contribution is -2.31. The molecule has 0 saturated carbocycles. The summed E-state index contributed by atoms with van der Waals surface area (Å²) in [6.07, 6.45) is 3.07. The van der Waals surface area contributed by atoms with E-state index in [2.05, 4.69) is 41.4 Å². The van der Waals surface area contributed by atoms with Crippen molar-refractivity contribution in [3.05, 3.63) is 92.9 Å². The molecule has 0 radical (unpaired) electrons. The Morgan fingerprint density at radius 2 is 1.86 bits per heavy atom. The molecule has 2 aromatic heterocycles. The number of ether oxygens (including phenoxy) is 2. The fourth-order valence-electron chi connectivity index (χ4n) is 4.69. The number of nitrogens with zero attached hydrogens (tertiary/aromatic N) is 3. The van der Waals surface area contributed by atoms with Gasteiger partial charge in [-0.15, -0.1) is 21.5 Å². The normalized spacial score (nSPS) is 14.9. The lowest BCUT2D eigenvalue weighted by atomic mass is 9.95. The van der Waals surface area contributed by atoms with Gasteiger partial charge in [-0.05, 0) is 55.0 Å². The van der Waals surface area contributed by atoms with Gasteiger partial charge in [-0.25, -0.2) is 0 Å². The van der Waals surface area contributed by atoms with Crippen LogP contribution in [0.1, 0.15) is 65.5 Å². The number of hydrogen-bond donors (Lipinski definition) is 1. The van der Waals surface area contributed by atoms with E-state index in [1.54, 1.807) is 35.7 Å². The van der Waals surface area contributed by atoms with Gasteiger partial charge in [0.25, 0.3) is 5.91 Å². The number of thioether (sulfide) groups is 1. The Morgan fingerprint density at radius 3 is 2.58 bits per heavy atom. The molecule has 0 spiro atoms. The number of aliphatic hydroxyl groups is 1. The van der Waals surface area contributed by atoms with E-state index in [0.717, 1.165) is 24.8 Å². The third-order valence-electron chi connectivity index (χ3n) is 6.87. The van der Waals surface area contributed by atoms with Crippen LogP contribution in [0.25, 0.3) is 0 Å². The number of amides is 1. The van der Waals surface area contributed by atoms with Crippen molar-refractivity contribution in [1.82, 2.24) is 10.2 Å². The molecule has 11 heteroatoms. The van der Waals surface area contributed by atoms with E-state index >= 15 is 0 Å². The zero-order chi connectivity index (χ0) is 30.3. The second-order valence-corrected chi connectivity index (χ2v) is 13.1. The van der Waals surface area contributed by atoms with Crippen LogP contribution in [0.5, 0.6) is 11.5 Å². The Balaban J connectivity index is 1.49. The summed E-state index contributed by atoms with van der Waals surface area (Å²) in [6.45, 7) is 7.02. The van der Waals surface area contributed by atoms with Crippen LogP contribution in [-0.4, -0.2) is 40.2 Å². The number of carbonyl (C=O) groups is 2. The van der Waals surface area contributed by atoms with Gasteiger partial charge in [-0.1, -0.05) is 84.8 Å². The van der Waals surface area contributed by atoms with Gasteiger partial charge in [0.15, 0.2) is 21.6 Å². The Hall–Kier alpha value is -3.67. The van der Waals surface area contributed by atoms with Gasteiger partial charge >= 0.3 is 0 Å². The Kier molecular flexibility index (Phi) is 10.2. The minimum Gasteiger partial charge on any atom is -0.503 e. The van der Waals surface area contributed by atoms with Crippen molar-refractivity contribution in [3.8, 4) is 11.5 Å². The predicted octanol–water partition coefficient (Wildman–Crippen LogP) is 7.95. The van der Waals surface area contributed by atoms with Crippen molar-refractivity contribution < 1.29 is 24.2 Å². The molecule has 1 atom stereocenters. The molecule has 1 aliphatic heterocycles. The van der Waals surface area contributed by atoms with Gasteiger partial charge in [0.1, 0.15) is 0 Å². The van der Waals surface area contributed by atoms with Crippen molar-refractivity contribution in [3.63, 3.8) is 0 Å². The first-order valence-electron chi connectivity index (χ1n) is 14.2. The Morgan fingerprint density at radius 1 is 1.05 bits per heavy atom. The number of aryl methyl sites for hydroxylation is 1. The minimum atomic E-state index is -0.932. The number of hydrogen-bond acceptors (Lipinski definition) is 10. The number of rotatable bonds is 14. The summed E-state index contributed by atoms with van der Waals surface area (Å²) in [5, 5.41) is 21.9. The highest BCUT2D eigenvalue weighted by atomic mass is 32.2. The maximum Gasteiger partial charge on any atom is 0.296 e. The van der Waals surface area contributed by atoms with E-state index < -0.39 is 23.5 Å². The molecule has 1 aliphatic rings. The lowest BCUT2D eigenvalue weighted by Gasteiger charge is -2.25. The van der Waals surface area contributed by atoms with Crippen LogP contribution in [0.2, 0.25) is 0 Å². The maximum atomic E-state index is 13.7. The van der Waals surface area contributed by atoms with Crippen molar-refractivity contribution in [1.29, 1.82) is 0 Å². The van der Waals surface area contributed by atoms with Crippen LogP contribution in [0.3, 0.4) is 0 Å². The molecule has 1 N–H and O–H groups in total. The number of carbonyl (C=O) groups excluding carboxylic acids is 2. The van der Waals surface area contributed by atoms with E-state index in [4.69, 9.17) is 9.47 Å². The fourth-order valence-corrected chi connectivity index (χ4v) is 7.20. The van der Waals surface area contributed by atoms with Gasteiger partial charge in [-0.2, -0.15) is 0 Å². The summed E-state index contributed by atoms with van der Waals surface area (Å²) in [5.41, 5.74) is 2.92. The summed E-state index contributed by atoms with van der Waals surface area (Å²) in [4.78, 5) is 29.1. The van der Waals surface area contributed by atoms with E-state index in [9.17, 15) is 14.7 Å². The highest BCUT2D eigenvalue weighted by Gasteiger charge is 2.46. The smallest absolute Gasteiger partial charge is 0.296 e. The van der Waals surface area contributed by atoms with Gasteiger partial charge in [0.2, 0.25) is 10.9 Å². The summed E-state index contributed by atoms with van der Waals surface area (Å²) < 4.78 is 12.6. The molecule has 224 valence electrons. The topological polar surface area (TPSA) is 102 Å². The first kappa shape index (κ1) is 30.8. The molecule has 4 aromatic rings. The van der Waals surface area contributed by atoms with E-state index in [-0.39, 0.29) is 5.57 Å². The molecule has 0 saturated heterocycles. The summed E-state index contributed by atoms with van der Waals surface area (Å²) in [5.74, 6) is 0.0754. The molecule has 0 fully saturated rings. The molecular weight excluding hydrogens is 603 g/mol. The number of thiophene rings is 1. The molecule has 1 unspecified atom stereocenters. The largest absolute Gasteiger partial charge is 0.503 e. The zero-order valence-corrected chi connectivity index (χ0v) is 26.7. The van der Waals surface area contributed by atoms with Gasteiger partial charge in [0.05, 0.1) is 29.7 Å². The summed E-state index contributed by atoms with van der Waals surface area (Å²) in [7, 11) is 0. The van der Waals surface area contributed by atoms with Gasteiger partial charge in [-0.3, -0.25) is 14.5 Å². The molecule has 5 rings (SSSR count). The van der Waals surface area contributed by atoms with Crippen molar-refractivity contribution in [2.24, 2.45) is 0 Å². The van der Waals surface area contributed by atoms with E-state index in [1.807, 2.05) is 13.8 Å². The number of Topliss-reactive ketones (excluding diaryl/α,β-unsaturated/α-hetero) is 1. The Labute approximate surface area is 263 Å². The molecule has 1 amide bonds. The first-order chi connectivity index (χ1) is 20.9.